The highest BCUT2D eigenvalue weighted by Gasteiger charge is 2.51. The number of carbonyl (C=O) groups excluding carboxylic acids is 1. The number of amides is 1. The highest BCUT2D eigenvalue weighted by molar-refractivity contribution is 9.10. The van der Waals surface area contributed by atoms with E-state index in [0.29, 0.717) is 18.7 Å². The van der Waals surface area contributed by atoms with E-state index in [1.807, 2.05) is 12.1 Å². The lowest BCUT2D eigenvalue weighted by Gasteiger charge is -2.19. The fraction of sp³-hybridized carbons (Fsp3) is 0.214. The number of carbonyl (C=O) groups is 1. The van der Waals surface area contributed by atoms with Crippen LogP contribution in [0.3, 0.4) is 0 Å². The molecule has 0 bridgehead atoms. The van der Waals surface area contributed by atoms with E-state index in [1.165, 1.54) is 0 Å². The largest absolute Gasteiger partial charge is 0.310 e. The van der Waals surface area contributed by atoms with Gasteiger partial charge in [0.05, 0.1) is 5.41 Å². The van der Waals surface area contributed by atoms with Gasteiger partial charge in [0.1, 0.15) is 5.82 Å². The van der Waals surface area contributed by atoms with E-state index in [9.17, 15) is 4.79 Å². The Bertz CT molecular complexity index is 716. The summed E-state index contributed by atoms with van der Waals surface area (Å²) in [7, 11) is 0. The van der Waals surface area contributed by atoms with Crippen molar-refractivity contribution in [2.75, 3.05) is 5.32 Å². The number of fused-ring (bicyclic) bond motifs is 3. The van der Waals surface area contributed by atoms with Crippen LogP contribution in [0.25, 0.3) is 0 Å². The molecule has 1 unspecified atom stereocenters. The first-order valence-electron chi connectivity index (χ1n) is 6.09. The molecule has 3 heterocycles. The van der Waals surface area contributed by atoms with E-state index < -0.39 is 5.41 Å². The molecule has 4 rings (SSSR count). The van der Waals surface area contributed by atoms with Gasteiger partial charge in [0, 0.05) is 34.5 Å². The van der Waals surface area contributed by atoms with Crippen LogP contribution in [-0.4, -0.2) is 15.9 Å². The number of hydrogen-bond donors (Lipinski definition) is 1. The molecule has 0 fully saturated rings. The Hall–Kier alpha value is -1.75. The molecule has 1 atom stereocenters. The SMILES string of the molecule is O=C1Nc2ncccc2C12Cc1cc(Br)cnc1C2. The van der Waals surface area contributed by atoms with Crippen LogP contribution >= 0.6 is 15.9 Å². The van der Waals surface area contributed by atoms with Gasteiger partial charge in [-0.25, -0.2) is 4.98 Å². The number of anilines is 1. The summed E-state index contributed by atoms with van der Waals surface area (Å²) in [6.07, 6.45) is 4.84. The van der Waals surface area contributed by atoms with Gasteiger partial charge in [-0.3, -0.25) is 9.78 Å². The molecule has 94 valence electrons. The Balaban J connectivity index is 1.88. The smallest absolute Gasteiger partial charge is 0.237 e. The van der Waals surface area contributed by atoms with Gasteiger partial charge >= 0.3 is 0 Å². The van der Waals surface area contributed by atoms with Gasteiger partial charge in [-0.05, 0) is 40.0 Å². The first-order chi connectivity index (χ1) is 9.19. The summed E-state index contributed by atoms with van der Waals surface area (Å²) in [6, 6.07) is 5.92. The molecule has 1 aliphatic heterocycles. The van der Waals surface area contributed by atoms with Crippen LogP contribution in [0.1, 0.15) is 16.8 Å². The number of nitrogens with zero attached hydrogens (tertiary/aromatic N) is 2. The van der Waals surface area contributed by atoms with E-state index in [4.69, 9.17) is 0 Å². The van der Waals surface area contributed by atoms with Crippen molar-refractivity contribution in [2.45, 2.75) is 18.3 Å². The van der Waals surface area contributed by atoms with Crippen molar-refractivity contribution in [3.8, 4) is 0 Å². The summed E-state index contributed by atoms with van der Waals surface area (Å²) in [4.78, 5) is 21.1. The second kappa shape index (κ2) is 3.63. The molecule has 0 saturated carbocycles. The molecule has 1 amide bonds. The maximum absolute atomic E-state index is 12.4. The van der Waals surface area contributed by atoms with Gasteiger partial charge in [0.15, 0.2) is 0 Å². The minimum absolute atomic E-state index is 0.0373. The number of rotatable bonds is 0. The van der Waals surface area contributed by atoms with Crippen molar-refractivity contribution < 1.29 is 4.79 Å². The Morgan fingerprint density at radius 1 is 1.32 bits per heavy atom. The van der Waals surface area contributed by atoms with Crippen molar-refractivity contribution in [1.82, 2.24) is 9.97 Å². The van der Waals surface area contributed by atoms with Gasteiger partial charge in [0.25, 0.3) is 0 Å². The first-order valence-corrected chi connectivity index (χ1v) is 6.89. The van der Waals surface area contributed by atoms with E-state index >= 15 is 0 Å². The summed E-state index contributed by atoms with van der Waals surface area (Å²) in [5, 5.41) is 2.89. The van der Waals surface area contributed by atoms with Gasteiger partial charge in [-0.15, -0.1) is 0 Å². The highest BCUT2D eigenvalue weighted by Crippen LogP contribution is 2.46. The van der Waals surface area contributed by atoms with Crippen LogP contribution in [0, 0.1) is 0 Å². The summed E-state index contributed by atoms with van der Waals surface area (Å²) < 4.78 is 0.952. The van der Waals surface area contributed by atoms with E-state index in [0.717, 1.165) is 21.3 Å². The normalized spacial score (nSPS) is 23.3. The Labute approximate surface area is 118 Å². The molecule has 0 radical (unpaired) electrons. The number of aromatic nitrogens is 2. The Morgan fingerprint density at radius 2 is 2.21 bits per heavy atom. The van der Waals surface area contributed by atoms with E-state index in [1.54, 1.807) is 12.4 Å². The van der Waals surface area contributed by atoms with Crippen LogP contribution in [0.15, 0.2) is 35.1 Å². The molecule has 0 aromatic carbocycles. The minimum atomic E-state index is -0.514. The molecule has 2 aromatic heterocycles. The average molecular weight is 316 g/mol. The number of hydrogen-bond acceptors (Lipinski definition) is 3. The monoisotopic (exact) mass is 315 g/mol. The van der Waals surface area contributed by atoms with Crippen LogP contribution in [0.5, 0.6) is 0 Å². The molecule has 2 aliphatic rings. The van der Waals surface area contributed by atoms with Crippen molar-refractivity contribution in [3.63, 3.8) is 0 Å². The molecule has 19 heavy (non-hydrogen) atoms. The maximum Gasteiger partial charge on any atom is 0.237 e. The van der Waals surface area contributed by atoms with Crippen molar-refractivity contribution in [3.05, 3.63) is 51.9 Å². The number of pyridine rings is 2. The summed E-state index contributed by atoms with van der Waals surface area (Å²) in [5.74, 6) is 0.731. The second-order valence-corrected chi connectivity index (χ2v) is 5.96. The predicted molar refractivity (Wildman–Crippen MR) is 73.9 cm³/mol. The van der Waals surface area contributed by atoms with Crippen molar-refractivity contribution in [2.24, 2.45) is 0 Å². The zero-order chi connectivity index (χ0) is 13.0. The third-order valence-corrected chi connectivity index (χ3v) is 4.41. The summed E-state index contributed by atoms with van der Waals surface area (Å²) in [5.41, 5.74) is 2.63. The lowest BCUT2D eigenvalue weighted by molar-refractivity contribution is -0.120. The number of halogens is 1. The fourth-order valence-electron chi connectivity index (χ4n) is 3.09. The molecule has 5 heteroatoms. The Kier molecular flexibility index (Phi) is 2.12. The van der Waals surface area contributed by atoms with Crippen LogP contribution < -0.4 is 5.32 Å². The fourth-order valence-corrected chi connectivity index (χ4v) is 3.47. The lowest BCUT2D eigenvalue weighted by Crippen LogP contribution is -2.35. The van der Waals surface area contributed by atoms with E-state index in [-0.39, 0.29) is 5.91 Å². The second-order valence-electron chi connectivity index (χ2n) is 5.05. The zero-order valence-electron chi connectivity index (χ0n) is 9.98. The van der Waals surface area contributed by atoms with Crippen molar-refractivity contribution in [1.29, 1.82) is 0 Å². The minimum Gasteiger partial charge on any atom is -0.310 e. The maximum atomic E-state index is 12.4. The zero-order valence-corrected chi connectivity index (χ0v) is 11.6. The molecule has 1 spiro atoms. The van der Waals surface area contributed by atoms with Gasteiger partial charge in [0.2, 0.25) is 5.91 Å². The third kappa shape index (κ3) is 1.42. The van der Waals surface area contributed by atoms with Gasteiger partial charge < -0.3 is 5.32 Å². The molecule has 2 aromatic rings. The average Bonchev–Trinajstić information content (AvgIpc) is 2.90. The molecule has 4 nitrogen and oxygen atoms in total. The summed E-state index contributed by atoms with van der Waals surface area (Å²) >= 11 is 3.43. The number of nitrogens with one attached hydrogen (secondary N) is 1. The molecular weight excluding hydrogens is 306 g/mol. The first kappa shape index (κ1) is 11.1. The quantitative estimate of drug-likeness (QED) is 0.811. The Morgan fingerprint density at radius 3 is 3.11 bits per heavy atom. The van der Waals surface area contributed by atoms with E-state index in [2.05, 4.69) is 37.3 Å². The highest BCUT2D eigenvalue weighted by atomic mass is 79.9. The lowest BCUT2D eigenvalue weighted by atomic mass is 9.80. The standard InChI is InChI=1S/C14H10BrN3O/c15-9-4-8-5-14(6-11(8)17-7-9)10-2-1-3-16-12(10)18-13(14)19/h1-4,7H,5-6H2,(H,16,18,19). The summed E-state index contributed by atoms with van der Waals surface area (Å²) in [6.45, 7) is 0. The molecule has 0 saturated heterocycles. The molecule has 1 N–H and O–H groups in total. The van der Waals surface area contributed by atoms with Gasteiger partial charge in [-0.1, -0.05) is 6.07 Å². The van der Waals surface area contributed by atoms with Crippen LogP contribution in [0.4, 0.5) is 5.82 Å². The molecule has 1 aliphatic carbocycles. The van der Waals surface area contributed by atoms with Gasteiger partial charge in [-0.2, -0.15) is 0 Å². The van der Waals surface area contributed by atoms with Crippen LogP contribution in [0.2, 0.25) is 0 Å². The predicted octanol–water partition coefficient (Wildman–Crippen LogP) is 2.23. The molecular formula is C14H10BrN3O. The van der Waals surface area contributed by atoms with Crippen molar-refractivity contribution >= 4 is 27.7 Å². The third-order valence-electron chi connectivity index (χ3n) is 3.98. The van der Waals surface area contributed by atoms with Crippen LogP contribution in [-0.2, 0) is 23.1 Å². The topological polar surface area (TPSA) is 54.9 Å².